The van der Waals surface area contributed by atoms with Gasteiger partial charge >= 0.3 is 0 Å². The zero-order valence-electron chi connectivity index (χ0n) is 15.3. The Morgan fingerprint density at radius 2 is 1.85 bits per heavy atom. The fraction of sp³-hybridized carbons (Fsp3) is 0.190. The maximum absolute atomic E-state index is 12.5. The van der Waals surface area contributed by atoms with Gasteiger partial charge in [-0.1, -0.05) is 48.5 Å². The summed E-state index contributed by atoms with van der Waals surface area (Å²) in [6.07, 6.45) is 2.84. The SMILES string of the molecule is COc1ccccc1[C@@H](C)NC(=O)Cn1cc(-c2ccccc2)ncc1=O. The van der Waals surface area contributed by atoms with Crippen LogP contribution in [0.15, 0.2) is 71.8 Å². The lowest BCUT2D eigenvalue weighted by atomic mass is 10.1. The highest BCUT2D eigenvalue weighted by molar-refractivity contribution is 5.76. The summed E-state index contributed by atoms with van der Waals surface area (Å²) in [7, 11) is 1.59. The first-order valence-corrected chi connectivity index (χ1v) is 8.62. The summed E-state index contributed by atoms with van der Waals surface area (Å²) < 4.78 is 6.70. The van der Waals surface area contributed by atoms with E-state index in [2.05, 4.69) is 10.3 Å². The average Bonchev–Trinajstić information content (AvgIpc) is 2.70. The number of hydrogen-bond donors (Lipinski definition) is 1. The minimum absolute atomic E-state index is 0.0827. The molecule has 0 aliphatic heterocycles. The van der Waals surface area contributed by atoms with Gasteiger partial charge in [0.2, 0.25) is 5.91 Å². The van der Waals surface area contributed by atoms with Gasteiger partial charge in [-0.2, -0.15) is 0 Å². The fourth-order valence-electron chi connectivity index (χ4n) is 2.87. The van der Waals surface area contributed by atoms with Crippen molar-refractivity contribution in [3.8, 4) is 17.0 Å². The number of hydrogen-bond acceptors (Lipinski definition) is 4. The van der Waals surface area contributed by atoms with E-state index in [9.17, 15) is 9.59 Å². The summed E-state index contributed by atoms with van der Waals surface area (Å²) in [6, 6.07) is 16.8. The molecule has 1 heterocycles. The van der Waals surface area contributed by atoms with Crippen molar-refractivity contribution in [2.24, 2.45) is 0 Å². The van der Waals surface area contributed by atoms with E-state index in [-0.39, 0.29) is 24.1 Å². The molecule has 0 saturated carbocycles. The number of nitrogens with one attached hydrogen (secondary N) is 1. The molecule has 1 aromatic heterocycles. The second-order valence-corrected chi connectivity index (χ2v) is 6.14. The van der Waals surface area contributed by atoms with Crippen LogP contribution >= 0.6 is 0 Å². The minimum Gasteiger partial charge on any atom is -0.496 e. The zero-order chi connectivity index (χ0) is 19.2. The smallest absolute Gasteiger partial charge is 0.269 e. The van der Waals surface area contributed by atoms with E-state index >= 15 is 0 Å². The molecule has 2 aromatic carbocycles. The van der Waals surface area contributed by atoms with E-state index in [0.717, 1.165) is 11.1 Å². The highest BCUT2D eigenvalue weighted by Crippen LogP contribution is 2.24. The molecule has 0 radical (unpaired) electrons. The molecule has 6 nitrogen and oxygen atoms in total. The molecule has 1 atom stereocenters. The van der Waals surface area contributed by atoms with E-state index in [0.29, 0.717) is 11.4 Å². The number of aromatic nitrogens is 2. The van der Waals surface area contributed by atoms with Gasteiger partial charge in [-0.25, -0.2) is 4.98 Å². The molecular weight excluding hydrogens is 342 g/mol. The van der Waals surface area contributed by atoms with Crippen molar-refractivity contribution < 1.29 is 9.53 Å². The highest BCUT2D eigenvalue weighted by atomic mass is 16.5. The van der Waals surface area contributed by atoms with Crippen molar-refractivity contribution >= 4 is 5.91 Å². The molecule has 3 aromatic rings. The average molecular weight is 363 g/mol. The number of para-hydroxylation sites is 1. The first-order valence-electron chi connectivity index (χ1n) is 8.62. The second-order valence-electron chi connectivity index (χ2n) is 6.14. The van der Waals surface area contributed by atoms with Crippen molar-refractivity contribution in [1.29, 1.82) is 0 Å². The third-order valence-corrected chi connectivity index (χ3v) is 4.24. The monoisotopic (exact) mass is 363 g/mol. The van der Waals surface area contributed by atoms with E-state index in [1.54, 1.807) is 13.3 Å². The van der Waals surface area contributed by atoms with Crippen molar-refractivity contribution in [3.05, 3.63) is 82.9 Å². The molecule has 0 aliphatic carbocycles. The van der Waals surface area contributed by atoms with Crippen LogP contribution in [-0.2, 0) is 11.3 Å². The summed E-state index contributed by atoms with van der Waals surface area (Å²) in [6.45, 7) is 1.79. The number of nitrogens with zero attached hydrogens (tertiary/aromatic N) is 2. The van der Waals surface area contributed by atoms with Gasteiger partial charge in [0.05, 0.1) is 25.0 Å². The Bertz CT molecular complexity index is 983. The van der Waals surface area contributed by atoms with Crippen LogP contribution in [0.3, 0.4) is 0 Å². The fourth-order valence-corrected chi connectivity index (χ4v) is 2.87. The molecule has 0 unspecified atom stereocenters. The van der Waals surface area contributed by atoms with Crippen molar-refractivity contribution in [1.82, 2.24) is 14.9 Å². The van der Waals surface area contributed by atoms with Gasteiger partial charge < -0.3 is 14.6 Å². The summed E-state index contributed by atoms with van der Waals surface area (Å²) in [5.74, 6) is 0.443. The first kappa shape index (κ1) is 18.4. The standard InChI is InChI=1S/C21H21N3O3/c1-15(17-10-6-7-11-19(17)27-2)23-20(25)14-24-13-18(22-12-21(24)26)16-8-4-3-5-9-16/h3-13,15H,14H2,1-2H3,(H,23,25)/t15-/m1/s1. The Hall–Kier alpha value is -3.41. The lowest BCUT2D eigenvalue weighted by molar-refractivity contribution is -0.122. The molecule has 0 saturated heterocycles. The molecule has 3 rings (SSSR count). The van der Waals surface area contributed by atoms with Crippen LogP contribution in [0.1, 0.15) is 18.5 Å². The predicted molar refractivity (Wildman–Crippen MR) is 103 cm³/mol. The molecule has 0 fully saturated rings. The lowest BCUT2D eigenvalue weighted by Gasteiger charge is -2.17. The molecule has 138 valence electrons. The van der Waals surface area contributed by atoms with Gasteiger partial charge in [0, 0.05) is 17.3 Å². The van der Waals surface area contributed by atoms with Crippen LogP contribution in [0.2, 0.25) is 0 Å². The Morgan fingerprint density at radius 3 is 2.59 bits per heavy atom. The number of carbonyl (C=O) groups excluding carboxylic acids is 1. The summed E-state index contributed by atoms with van der Waals surface area (Å²) in [4.78, 5) is 28.7. The number of carbonyl (C=O) groups is 1. The Labute approximate surface area is 157 Å². The van der Waals surface area contributed by atoms with Crippen molar-refractivity contribution in [3.63, 3.8) is 0 Å². The van der Waals surface area contributed by atoms with Crippen LogP contribution in [0, 0.1) is 0 Å². The predicted octanol–water partition coefficient (Wildman–Crippen LogP) is 2.80. The molecule has 1 amide bonds. The van der Waals surface area contributed by atoms with E-state index < -0.39 is 0 Å². The molecule has 27 heavy (non-hydrogen) atoms. The summed E-state index contributed by atoms with van der Waals surface area (Å²) in [5.41, 5.74) is 2.07. The number of ether oxygens (including phenoxy) is 1. The first-order chi connectivity index (χ1) is 13.1. The van der Waals surface area contributed by atoms with Crippen LogP contribution in [0.5, 0.6) is 5.75 Å². The maximum Gasteiger partial charge on any atom is 0.269 e. The van der Waals surface area contributed by atoms with Gasteiger partial charge in [0.1, 0.15) is 12.3 Å². The van der Waals surface area contributed by atoms with Gasteiger partial charge in [0.15, 0.2) is 0 Å². The third-order valence-electron chi connectivity index (χ3n) is 4.24. The third kappa shape index (κ3) is 4.41. The van der Waals surface area contributed by atoms with E-state index in [1.807, 2.05) is 61.5 Å². The van der Waals surface area contributed by atoms with Crippen LogP contribution in [-0.4, -0.2) is 22.6 Å². The molecule has 0 bridgehead atoms. The van der Waals surface area contributed by atoms with Crippen LogP contribution in [0.25, 0.3) is 11.3 Å². The topological polar surface area (TPSA) is 73.2 Å². The number of benzene rings is 2. The largest absolute Gasteiger partial charge is 0.496 e. The second kappa shape index (κ2) is 8.31. The van der Waals surface area contributed by atoms with Crippen molar-refractivity contribution in [2.75, 3.05) is 7.11 Å². The molecule has 1 N–H and O–H groups in total. The minimum atomic E-state index is -0.324. The Balaban J connectivity index is 1.75. The lowest BCUT2D eigenvalue weighted by Crippen LogP contribution is -2.33. The number of rotatable bonds is 6. The van der Waals surface area contributed by atoms with Gasteiger partial charge in [-0.15, -0.1) is 0 Å². The van der Waals surface area contributed by atoms with Crippen LogP contribution < -0.4 is 15.6 Å². The maximum atomic E-state index is 12.5. The van der Waals surface area contributed by atoms with Crippen molar-refractivity contribution in [2.45, 2.75) is 19.5 Å². The summed E-state index contributed by atoms with van der Waals surface area (Å²) >= 11 is 0. The van der Waals surface area contributed by atoms with Gasteiger partial charge in [-0.05, 0) is 13.0 Å². The number of amides is 1. The van der Waals surface area contributed by atoms with E-state index in [1.165, 1.54) is 10.8 Å². The van der Waals surface area contributed by atoms with E-state index in [4.69, 9.17) is 4.74 Å². The molecule has 0 aliphatic rings. The number of methoxy groups -OCH3 is 1. The molecule has 0 spiro atoms. The summed E-state index contributed by atoms with van der Waals surface area (Å²) in [5, 5.41) is 2.91. The Kier molecular flexibility index (Phi) is 5.66. The Morgan fingerprint density at radius 1 is 1.15 bits per heavy atom. The highest BCUT2D eigenvalue weighted by Gasteiger charge is 2.14. The van der Waals surface area contributed by atoms with Crippen LogP contribution in [0.4, 0.5) is 0 Å². The normalized spacial score (nSPS) is 11.6. The van der Waals surface area contributed by atoms with Gasteiger partial charge in [-0.3, -0.25) is 9.59 Å². The molecule has 6 heteroatoms. The zero-order valence-corrected chi connectivity index (χ0v) is 15.3. The quantitative estimate of drug-likeness (QED) is 0.731. The van der Waals surface area contributed by atoms with Gasteiger partial charge in [0.25, 0.3) is 5.56 Å². The molecular formula is C21H21N3O3.